The maximum atomic E-state index is 12.2. The molecule has 0 aliphatic carbocycles. The summed E-state index contributed by atoms with van der Waals surface area (Å²) in [7, 11) is 0. The molecule has 1 aromatic carbocycles. The summed E-state index contributed by atoms with van der Waals surface area (Å²) in [5, 5.41) is 13.0. The molecule has 7 nitrogen and oxygen atoms in total. The molecule has 1 atom stereocenters. The summed E-state index contributed by atoms with van der Waals surface area (Å²) in [4.78, 5) is 22.7. The number of aliphatic hydroxyl groups is 1. The van der Waals surface area contributed by atoms with Gasteiger partial charge in [-0.25, -0.2) is 4.98 Å². The average Bonchev–Trinajstić information content (AvgIpc) is 3.10. The SMILES string of the molecule is O=C(NCC(O)CN1CCc2ccccc2C1)c1cn2ccncc2n1. The quantitative estimate of drug-likeness (QED) is 0.713. The Bertz CT molecular complexity index is 890. The molecule has 0 spiro atoms. The Morgan fingerprint density at radius 1 is 1.31 bits per heavy atom. The van der Waals surface area contributed by atoms with Crippen molar-refractivity contribution in [3.05, 3.63) is 65.9 Å². The number of benzene rings is 1. The van der Waals surface area contributed by atoms with Crippen molar-refractivity contribution < 1.29 is 9.90 Å². The van der Waals surface area contributed by atoms with Crippen molar-refractivity contribution in [3.63, 3.8) is 0 Å². The number of aliphatic hydroxyl groups excluding tert-OH is 1. The number of hydrogen-bond donors (Lipinski definition) is 2. The lowest BCUT2D eigenvalue weighted by molar-refractivity contribution is 0.0838. The summed E-state index contributed by atoms with van der Waals surface area (Å²) in [6.45, 7) is 2.48. The molecule has 0 saturated heterocycles. The molecule has 26 heavy (non-hydrogen) atoms. The Morgan fingerprint density at radius 2 is 2.15 bits per heavy atom. The number of hydrogen-bond acceptors (Lipinski definition) is 5. The standard InChI is InChI=1S/C19H21N5O2/c25-16(12-23-7-5-14-3-1-2-4-15(14)11-23)9-21-19(26)17-13-24-8-6-20-10-18(24)22-17/h1-4,6,8,10,13,16,25H,5,7,9,11-12H2,(H,21,26). The first-order chi connectivity index (χ1) is 12.7. The van der Waals surface area contributed by atoms with Gasteiger partial charge in [0.2, 0.25) is 0 Å². The van der Waals surface area contributed by atoms with Crippen molar-refractivity contribution in [1.29, 1.82) is 0 Å². The fourth-order valence-corrected chi connectivity index (χ4v) is 3.33. The van der Waals surface area contributed by atoms with E-state index in [9.17, 15) is 9.90 Å². The molecule has 0 bridgehead atoms. The Kier molecular flexibility index (Phi) is 4.64. The van der Waals surface area contributed by atoms with Gasteiger partial charge in [0, 0.05) is 44.8 Å². The van der Waals surface area contributed by atoms with Crippen molar-refractivity contribution >= 4 is 11.6 Å². The highest BCUT2D eigenvalue weighted by atomic mass is 16.3. The number of aromatic nitrogens is 3. The number of nitrogens with one attached hydrogen (secondary N) is 1. The second kappa shape index (κ2) is 7.23. The third-order valence-electron chi connectivity index (χ3n) is 4.67. The molecule has 3 aromatic rings. The second-order valence-corrected chi connectivity index (χ2v) is 6.59. The van der Waals surface area contributed by atoms with Gasteiger partial charge >= 0.3 is 0 Å². The van der Waals surface area contributed by atoms with Crippen LogP contribution in [0.5, 0.6) is 0 Å². The summed E-state index contributed by atoms with van der Waals surface area (Å²) in [6, 6.07) is 8.40. The van der Waals surface area contributed by atoms with Crippen LogP contribution in [0.15, 0.2) is 49.1 Å². The van der Waals surface area contributed by atoms with Crippen molar-refractivity contribution in [3.8, 4) is 0 Å². The van der Waals surface area contributed by atoms with Crippen LogP contribution in [-0.2, 0) is 13.0 Å². The molecule has 1 amide bonds. The van der Waals surface area contributed by atoms with E-state index in [0.717, 1.165) is 19.5 Å². The first-order valence-electron chi connectivity index (χ1n) is 8.73. The molecule has 3 heterocycles. The summed E-state index contributed by atoms with van der Waals surface area (Å²) in [5.74, 6) is -0.295. The zero-order chi connectivity index (χ0) is 17.9. The van der Waals surface area contributed by atoms with Crippen LogP contribution >= 0.6 is 0 Å². The molecule has 4 rings (SSSR count). The highest BCUT2D eigenvalue weighted by molar-refractivity contribution is 5.92. The number of carbonyl (C=O) groups is 1. The Balaban J connectivity index is 1.30. The first-order valence-corrected chi connectivity index (χ1v) is 8.73. The first kappa shape index (κ1) is 16.7. The molecule has 0 fully saturated rings. The van der Waals surface area contributed by atoms with Gasteiger partial charge in [0.15, 0.2) is 5.65 Å². The average molecular weight is 351 g/mol. The van der Waals surface area contributed by atoms with E-state index >= 15 is 0 Å². The van der Waals surface area contributed by atoms with Crippen LogP contribution in [-0.4, -0.2) is 56.0 Å². The van der Waals surface area contributed by atoms with Gasteiger partial charge in [-0.3, -0.25) is 14.7 Å². The van der Waals surface area contributed by atoms with E-state index in [0.29, 0.717) is 17.9 Å². The third kappa shape index (κ3) is 3.58. The zero-order valence-corrected chi connectivity index (χ0v) is 14.4. The van der Waals surface area contributed by atoms with E-state index in [4.69, 9.17) is 0 Å². The largest absolute Gasteiger partial charge is 0.390 e. The molecular weight excluding hydrogens is 330 g/mol. The van der Waals surface area contributed by atoms with Gasteiger partial charge in [-0.15, -0.1) is 0 Å². The van der Waals surface area contributed by atoms with Crippen LogP contribution in [0.3, 0.4) is 0 Å². The van der Waals surface area contributed by atoms with Crippen LogP contribution < -0.4 is 5.32 Å². The number of amides is 1. The molecule has 134 valence electrons. The summed E-state index contributed by atoms with van der Waals surface area (Å²) < 4.78 is 1.74. The monoisotopic (exact) mass is 351 g/mol. The van der Waals surface area contributed by atoms with Gasteiger partial charge in [0.1, 0.15) is 5.69 Å². The third-order valence-corrected chi connectivity index (χ3v) is 4.67. The van der Waals surface area contributed by atoms with Gasteiger partial charge in [-0.05, 0) is 17.5 Å². The van der Waals surface area contributed by atoms with E-state index in [1.807, 2.05) is 6.07 Å². The number of carbonyl (C=O) groups excluding carboxylic acids is 1. The Morgan fingerprint density at radius 3 is 3.00 bits per heavy atom. The van der Waals surface area contributed by atoms with Crippen LogP contribution in [0.1, 0.15) is 21.6 Å². The lowest BCUT2D eigenvalue weighted by Crippen LogP contribution is -2.42. The molecule has 0 saturated carbocycles. The topological polar surface area (TPSA) is 82.8 Å². The second-order valence-electron chi connectivity index (χ2n) is 6.59. The maximum Gasteiger partial charge on any atom is 0.271 e. The molecule has 7 heteroatoms. The molecule has 1 aliphatic heterocycles. The van der Waals surface area contributed by atoms with E-state index in [1.165, 1.54) is 11.1 Å². The maximum absolute atomic E-state index is 12.2. The van der Waals surface area contributed by atoms with E-state index < -0.39 is 6.10 Å². The molecule has 0 radical (unpaired) electrons. The number of rotatable bonds is 5. The molecule has 1 aliphatic rings. The predicted molar refractivity (Wildman–Crippen MR) is 96.8 cm³/mol. The lowest BCUT2D eigenvalue weighted by Gasteiger charge is -2.30. The van der Waals surface area contributed by atoms with Crippen molar-refractivity contribution in [2.24, 2.45) is 0 Å². The lowest BCUT2D eigenvalue weighted by atomic mass is 10.00. The number of fused-ring (bicyclic) bond motifs is 2. The van der Waals surface area contributed by atoms with Gasteiger partial charge in [0.05, 0.1) is 12.3 Å². The molecule has 2 N–H and O–H groups in total. The minimum absolute atomic E-state index is 0.198. The highest BCUT2D eigenvalue weighted by Crippen LogP contribution is 2.18. The van der Waals surface area contributed by atoms with Gasteiger partial charge in [0.25, 0.3) is 5.91 Å². The fraction of sp³-hybridized carbons (Fsp3) is 0.316. The smallest absolute Gasteiger partial charge is 0.271 e. The van der Waals surface area contributed by atoms with Crippen LogP contribution in [0.25, 0.3) is 5.65 Å². The summed E-state index contributed by atoms with van der Waals surface area (Å²) >= 11 is 0. The zero-order valence-electron chi connectivity index (χ0n) is 14.4. The van der Waals surface area contributed by atoms with Gasteiger partial charge in [-0.1, -0.05) is 24.3 Å². The molecular formula is C19H21N5O2. The van der Waals surface area contributed by atoms with Gasteiger partial charge < -0.3 is 14.8 Å². The van der Waals surface area contributed by atoms with Crippen molar-refractivity contribution in [2.75, 3.05) is 19.6 Å². The predicted octanol–water partition coefficient (Wildman–Crippen LogP) is 0.878. The summed E-state index contributed by atoms with van der Waals surface area (Å²) in [6.07, 6.45) is 6.99. The summed E-state index contributed by atoms with van der Waals surface area (Å²) in [5.41, 5.74) is 3.63. The fourth-order valence-electron chi connectivity index (χ4n) is 3.33. The van der Waals surface area contributed by atoms with Crippen molar-refractivity contribution in [2.45, 2.75) is 19.1 Å². The number of β-amino-alcohol motifs (C(OH)–C–C–N with tert-alkyl or cyclic N) is 1. The van der Waals surface area contributed by atoms with E-state index in [-0.39, 0.29) is 12.5 Å². The Hall–Kier alpha value is -2.77. The van der Waals surface area contributed by atoms with Gasteiger partial charge in [-0.2, -0.15) is 0 Å². The van der Waals surface area contributed by atoms with E-state index in [2.05, 4.69) is 38.4 Å². The van der Waals surface area contributed by atoms with Crippen LogP contribution in [0.4, 0.5) is 0 Å². The van der Waals surface area contributed by atoms with Crippen LogP contribution in [0, 0.1) is 0 Å². The minimum Gasteiger partial charge on any atom is -0.390 e. The molecule has 1 unspecified atom stereocenters. The molecule has 2 aromatic heterocycles. The number of imidazole rings is 1. The van der Waals surface area contributed by atoms with Crippen LogP contribution in [0.2, 0.25) is 0 Å². The Labute approximate surface area is 151 Å². The van der Waals surface area contributed by atoms with E-state index in [1.54, 1.807) is 29.2 Å². The number of nitrogens with zero attached hydrogens (tertiary/aromatic N) is 4. The minimum atomic E-state index is -0.622. The highest BCUT2D eigenvalue weighted by Gasteiger charge is 2.19. The normalized spacial score (nSPS) is 15.6. The van der Waals surface area contributed by atoms with Crippen molar-refractivity contribution in [1.82, 2.24) is 24.6 Å².